The molecule has 3 N–H and O–H groups in total. The van der Waals surface area contributed by atoms with E-state index in [-0.39, 0.29) is 11.6 Å². The fourth-order valence-electron chi connectivity index (χ4n) is 5.21. The average Bonchev–Trinajstić information content (AvgIpc) is 3.69. The molecule has 12 heteroatoms. The molecule has 0 bridgehead atoms. The first kappa shape index (κ1) is 24.6. The van der Waals surface area contributed by atoms with Gasteiger partial charge in [0.2, 0.25) is 0 Å². The van der Waals surface area contributed by atoms with Crippen molar-refractivity contribution in [1.29, 1.82) is 0 Å². The quantitative estimate of drug-likeness (QED) is 0.281. The summed E-state index contributed by atoms with van der Waals surface area (Å²) >= 11 is 6.31. The van der Waals surface area contributed by atoms with Crippen LogP contribution in [0, 0.1) is 0 Å². The van der Waals surface area contributed by atoms with E-state index < -0.39 is 6.09 Å². The standard InChI is InChI=1S/C27H23ClN8O3/c1-2-15-9-18(31-27(38)39)4-6-20(15)22-13-29-26(32-22)24-8-5-19-10-16(11-25(37)36(19)24)21-12-17(28)3-7-23(21)35-14-30-33-34-35/h3-4,6-7,9-14,24,31H,2,5,8H2,1H3,(H,29,32)(H,38,39). The summed E-state index contributed by atoms with van der Waals surface area (Å²) < 4.78 is 3.33. The number of pyridine rings is 1. The zero-order valence-electron chi connectivity index (χ0n) is 20.8. The van der Waals surface area contributed by atoms with E-state index >= 15 is 0 Å². The van der Waals surface area contributed by atoms with E-state index in [0.29, 0.717) is 29.4 Å². The molecule has 1 aliphatic heterocycles. The van der Waals surface area contributed by atoms with Gasteiger partial charge in [0.15, 0.2) is 0 Å². The number of rotatable bonds is 6. The Morgan fingerprint density at radius 2 is 2.05 bits per heavy atom. The van der Waals surface area contributed by atoms with Crippen LogP contribution in [-0.4, -0.2) is 45.9 Å². The van der Waals surface area contributed by atoms with Gasteiger partial charge in [-0.15, -0.1) is 5.10 Å². The average molecular weight is 543 g/mol. The smallest absolute Gasteiger partial charge is 0.409 e. The lowest BCUT2D eigenvalue weighted by atomic mass is 10.0. The topological polar surface area (TPSA) is 144 Å². The molecular formula is C27H23ClN8O3. The molecule has 196 valence electrons. The fourth-order valence-corrected chi connectivity index (χ4v) is 5.39. The van der Waals surface area contributed by atoms with Crippen molar-refractivity contribution in [3.63, 3.8) is 0 Å². The molecule has 39 heavy (non-hydrogen) atoms. The van der Waals surface area contributed by atoms with Crippen molar-refractivity contribution in [2.24, 2.45) is 0 Å². The number of aryl methyl sites for hydroxylation is 2. The van der Waals surface area contributed by atoms with Crippen LogP contribution < -0.4 is 10.9 Å². The Bertz CT molecular complexity index is 1760. The van der Waals surface area contributed by atoms with Crippen LogP contribution in [-0.2, 0) is 12.8 Å². The maximum Gasteiger partial charge on any atom is 0.409 e. The first-order chi connectivity index (χ1) is 18.9. The second-order valence-electron chi connectivity index (χ2n) is 9.25. The van der Waals surface area contributed by atoms with Crippen molar-refractivity contribution in [1.82, 2.24) is 34.7 Å². The number of carbonyl (C=O) groups is 1. The predicted octanol–water partition coefficient (Wildman–Crippen LogP) is 4.72. The number of nitrogens with one attached hydrogen (secondary N) is 2. The van der Waals surface area contributed by atoms with Gasteiger partial charge < -0.3 is 14.7 Å². The monoisotopic (exact) mass is 542 g/mol. The number of fused-ring (bicyclic) bond motifs is 1. The van der Waals surface area contributed by atoms with Crippen LogP contribution in [0.15, 0.2) is 65.8 Å². The van der Waals surface area contributed by atoms with Gasteiger partial charge in [-0.3, -0.25) is 10.1 Å². The summed E-state index contributed by atoms with van der Waals surface area (Å²) in [5.41, 5.74) is 6.22. The number of imidazole rings is 1. The van der Waals surface area contributed by atoms with Crippen molar-refractivity contribution < 1.29 is 9.90 Å². The third kappa shape index (κ3) is 4.57. The van der Waals surface area contributed by atoms with Gasteiger partial charge in [0.05, 0.1) is 23.6 Å². The number of anilines is 1. The van der Waals surface area contributed by atoms with E-state index in [1.54, 1.807) is 39.7 Å². The van der Waals surface area contributed by atoms with Gasteiger partial charge in [0.25, 0.3) is 5.56 Å². The Balaban J connectivity index is 1.34. The van der Waals surface area contributed by atoms with Crippen molar-refractivity contribution in [3.8, 4) is 28.1 Å². The lowest BCUT2D eigenvalue weighted by molar-refractivity contribution is 0.209. The minimum atomic E-state index is -1.11. The van der Waals surface area contributed by atoms with Gasteiger partial charge >= 0.3 is 6.09 Å². The highest BCUT2D eigenvalue weighted by Gasteiger charge is 2.28. The second kappa shape index (κ2) is 9.84. The number of nitrogens with zero attached hydrogens (tertiary/aromatic N) is 6. The second-order valence-corrected chi connectivity index (χ2v) is 9.69. The maximum absolute atomic E-state index is 13.5. The highest BCUT2D eigenvalue weighted by molar-refractivity contribution is 6.31. The van der Waals surface area contributed by atoms with Gasteiger partial charge in [-0.25, -0.2) is 9.78 Å². The van der Waals surface area contributed by atoms with Crippen molar-refractivity contribution >= 4 is 23.4 Å². The van der Waals surface area contributed by atoms with E-state index in [1.165, 1.54) is 6.33 Å². The molecule has 3 aromatic heterocycles. The third-order valence-electron chi connectivity index (χ3n) is 6.94. The van der Waals surface area contributed by atoms with Gasteiger partial charge in [-0.05, 0) is 77.2 Å². The molecule has 0 spiro atoms. The molecule has 11 nitrogen and oxygen atoms in total. The minimum Gasteiger partial charge on any atom is -0.465 e. The molecular weight excluding hydrogens is 520 g/mol. The van der Waals surface area contributed by atoms with Crippen LogP contribution in [0.3, 0.4) is 0 Å². The zero-order valence-corrected chi connectivity index (χ0v) is 21.6. The van der Waals surface area contributed by atoms with Crippen molar-refractivity contribution in [2.45, 2.75) is 32.2 Å². The summed E-state index contributed by atoms with van der Waals surface area (Å²) in [5, 5.41) is 23.4. The largest absolute Gasteiger partial charge is 0.465 e. The Morgan fingerprint density at radius 3 is 2.82 bits per heavy atom. The van der Waals surface area contributed by atoms with E-state index in [9.17, 15) is 9.59 Å². The van der Waals surface area contributed by atoms with Crippen molar-refractivity contribution in [3.05, 3.63) is 93.5 Å². The minimum absolute atomic E-state index is 0.135. The molecule has 5 aromatic rings. The van der Waals surface area contributed by atoms with Gasteiger partial charge in [0, 0.05) is 33.6 Å². The number of hydrogen-bond acceptors (Lipinski definition) is 6. The van der Waals surface area contributed by atoms with Crippen LogP contribution in [0.4, 0.5) is 10.5 Å². The van der Waals surface area contributed by atoms with Gasteiger partial charge in [0.1, 0.15) is 12.2 Å². The molecule has 6 rings (SSSR count). The van der Waals surface area contributed by atoms with Crippen LogP contribution >= 0.6 is 11.6 Å². The normalized spacial score (nSPS) is 14.4. The number of aromatic amines is 1. The molecule has 1 unspecified atom stereocenters. The molecule has 0 saturated heterocycles. The number of benzene rings is 2. The Kier molecular flexibility index (Phi) is 6.20. The third-order valence-corrected chi connectivity index (χ3v) is 7.17. The van der Waals surface area contributed by atoms with Crippen molar-refractivity contribution in [2.75, 3.05) is 5.32 Å². The molecule has 1 amide bonds. The summed E-state index contributed by atoms with van der Waals surface area (Å²) in [7, 11) is 0. The predicted molar refractivity (Wildman–Crippen MR) is 145 cm³/mol. The number of tetrazole rings is 1. The first-order valence-electron chi connectivity index (χ1n) is 12.4. The lowest BCUT2D eigenvalue weighted by Crippen LogP contribution is -2.23. The Hall–Kier alpha value is -4.77. The lowest BCUT2D eigenvalue weighted by Gasteiger charge is -2.15. The number of hydrogen-bond donors (Lipinski definition) is 3. The molecule has 1 aliphatic rings. The molecule has 0 saturated carbocycles. The highest BCUT2D eigenvalue weighted by atomic mass is 35.5. The molecule has 0 aliphatic carbocycles. The zero-order chi connectivity index (χ0) is 27.1. The molecule has 2 aromatic carbocycles. The Morgan fingerprint density at radius 1 is 1.18 bits per heavy atom. The number of aromatic nitrogens is 7. The Labute approximate surface area is 227 Å². The van der Waals surface area contributed by atoms with Gasteiger partial charge in [-0.2, -0.15) is 4.68 Å². The molecule has 0 radical (unpaired) electrons. The molecule has 4 heterocycles. The summed E-state index contributed by atoms with van der Waals surface area (Å²) in [6.07, 6.45) is 4.30. The molecule has 1 atom stereocenters. The first-order valence-corrected chi connectivity index (χ1v) is 12.8. The van der Waals surface area contributed by atoms with E-state index in [0.717, 1.165) is 45.7 Å². The summed E-state index contributed by atoms with van der Waals surface area (Å²) in [5.74, 6) is 0.700. The number of halogens is 1. The van der Waals surface area contributed by atoms with Crippen LogP contribution in [0.5, 0.6) is 0 Å². The summed E-state index contributed by atoms with van der Waals surface area (Å²) in [6, 6.07) is 14.2. The molecule has 0 fully saturated rings. The van der Waals surface area contributed by atoms with Gasteiger partial charge in [-0.1, -0.05) is 24.6 Å². The van der Waals surface area contributed by atoms with E-state index in [4.69, 9.17) is 16.7 Å². The van der Waals surface area contributed by atoms with Crippen LogP contribution in [0.1, 0.15) is 36.5 Å². The SMILES string of the molecule is CCc1cc(NC(=O)O)ccc1-c1cnc(C2CCc3cc(-c4cc(Cl)ccc4-n4cnnn4)cc(=O)n32)[nH]1. The fraction of sp³-hybridized carbons (Fsp3) is 0.185. The van der Waals surface area contributed by atoms with Crippen LogP contribution in [0.25, 0.3) is 28.1 Å². The maximum atomic E-state index is 13.5. The number of H-pyrrole nitrogens is 1. The summed E-state index contributed by atoms with van der Waals surface area (Å²) in [4.78, 5) is 32.5. The highest BCUT2D eigenvalue weighted by Crippen LogP contribution is 2.35. The van der Waals surface area contributed by atoms with Crippen LogP contribution in [0.2, 0.25) is 5.02 Å². The van der Waals surface area contributed by atoms with E-state index in [1.807, 2.05) is 31.2 Å². The number of carboxylic acid groups (broad SMARTS) is 1. The summed E-state index contributed by atoms with van der Waals surface area (Å²) in [6.45, 7) is 2.01. The number of amides is 1. The van der Waals surface area contributed by atoms with E-state index in [2.05, 4.69) is 30.8 Å².